The summed E-state index contributed by atoms with van der Waals surface area (Å²) in [5.41, 5.74) is 9.38. The third kappa shape index (κ3) is 7.53. The van der Waals surface area contributed by atoms with E-state index in [4.69, 9.17) is 5.73 Å². The fourth-order valence-corrected chi connectivity index (χ4v) is 7.49. The average Bonchev–Trinajstić information content (AvgIpc) is 3.71. The van der Waals surface area contributed by atoms with Crippen molar-refractivity contribution in [2.24, 2.45) is 5.92 Å². The van der Waals surface area contributed by atoms with Gasteiger partial charge >= 0.3 is 0 Å². The van der Waals surface area contributed by atoms with Crippen molar-refractivity contribution in [3.05, 3.63) is 135 Å². The number of anilines is 2. The van der Waals surface area contributed by atoms with E-state index in [1.807, 2.05) is 34.5 Å². The number of carbonyl (C=O) groups excluding carboxylic acids is 2. The van der Waals surface area contributed by atoms with Crippen LogP contribution in [0.1, 0.15) is 46.6 Å². The van der Waals surface area contributed by atoms with E-state index < -0.39 is 23.0 Å². The molecule has 54 heavy (non-hydrogen) atoms. The molecule has 13 heteroatoms. The molecule has 1 saturated carbocycles. The third-order valence-electron chi connectivity index (χ3n) is 9.93. The van der Waals surface area contributed by atoms with Crippen molar-refractivity contribution >= 4 is 34.7 Å². The molecule has 6 aromatic rings. The standard InChI is InChI=1S/C41H35F2N7O3S/c42-28-7-11-36(46-19-28)33-21-49(20-25-1-2-25)22-34(39(33)52)41(53)48-29-8-10-31(35(43)17-29)32-16-27(18-47-40(32)44)26-5-3-24(4-6-26)15-30-9-12-38(51)50(30)23-37-45-13-14-54-37/h3-8,10-11,13-14,16-19,21-22,25,30H,1-2,9,12,15,20,23H2,(H2,44,47)(H,48,53)/t30-/m0/s1. The van der Waals surface area contributed by atoms with E-state index in [0.29, 0.717) is 31.0 Å². The van der Waals surface area contributed by atoms with Crippen LogP contribution in [0.3, 0.4) is 0 Å². The van der Waals surface area contributed by atoms with Gasteiger partial charge in [-0.2, -0.15) is 0 Å². The molecule has 8 rings (SSSR count). The molecule has 1 aliphatic heterocycles. The summed E-state index contributed by atoms with van der Waals surface area (Å²) in [5, 5.41) is 5.49. The highest BCUT2D eigenvalue weighted by atomic mass is 32.1. The SMILES string of the molecule is Nc1ncc(-c2ccc(C[C@@H]3CCC(=O)N3Cc3nccs3)cc2)cc1-c1ccc(NC(=O)c2cn(CC3CC3)cc(-c3ccc(F)cn3)c2=O)cc1F. The maximum absolute atomic E-state index is 15.8. The van der Waals surface area contributed by atoms with Crippen LogP contribution in [0.15, 0.2) is 102 Å². The van der Waals surface area contributed by atoms with E-state index in [1.165, 1.54) is 36.5 Å². The summed E-state index contributed by atoms with van der Waals surface area (Å²) < 4.78 is 31.1. The van der Waals surface area contributed by atoms with Gasteiger partial charge in [0.25, 0.3) is 5.91 Å². The molecule has 0 radical (unpaired) electrons. The number of rotatable bonds is 11. The number of aromatic nitrogens is 4. The van der Waals surface area contributed by atoms with Gasteiger partial charge in [0.1, 0.15) is 28.0 Å². The zero-order valence-corrected chi connectivity index (χ0v) is 29.9. The Morgan fingerprint density at radius 2 is 1.72 bits per heavy atom. The molecule has 0 bridgehead atoms. The summed E-state index contributed by atoms with van der Waals surface area (Å²) in [6.07, 6.45) is 11.7. The van der Waals surface area contributed by atoms with Crippen LogP contribution in [0.5, 0.6) is 0 Å². The van der Waals surface area contributed by atoms with Crippen LogP contribution in [0, 0.1) is 17.6 Å². The molecule has 0 spiro atoms. The number of thiazole rings is 1. The van der Waals surface area contributed by atoms with Crippen LogP contribution in [0.4, 0.5) is 20.3 Å². The predicted molar refractivity (Wildman–Crippen MR) is 203 cm³/mol. The van der Waals surface area contributed by atoms with E-state index in [2.05, 4.69) is 20.3 Å². The lowest BCUT2D eigenvalue weighted by Crippen LogP contribution is -2.33. The zero-order valence-electron chi connectivity index (χ0n) is 29.0. The van der Waals surface area contributed by atoms with Crippen LogP contribution in [-0.4, -0.2) is 42.3 Å². The van der Waals surface area contributed by atoms with Crippen LogP contribution >= 0.6 is 11.3 Å². The number of benzene rings is 2. The van der Waals surface area contributed by atoms with Gasteiger partial charge in [0, 0.05) is 71.6 Å². The molecule has 5 heterocycles. The molecular formula is C41H35F2N7O3S. The Labute approximate surface area is 313 Å². The summed E-state index contributed by atoms with van der Waals surface area (Å²) in [7, 11) is 0. The lowest BCUT2D eigenvalue weighted by molar-refractivity contribution is -0.129. The molecule has 1 aliphatic carbocycles. The highest BCUT2D eigenvalue weighted by Crippen LogP contribution is 2.34. The van der Waals surface area contributed by atoms with Crippen LogP contribution in [0.25, 0.3) is 33.5 Å². The first-order chi connectivity index (χ1) is 26.2. The largest absolute Gasteiger partial charge is 0.383 e. The monoisotopic (exact) mass is 743 g/mol. The smallest absolute Gasteiger partial charge is 0.261 e. The van der Waals surface area contributed by atoms with Crippen LogP contribution in [-0.2, 0) is 24.3 Å². The molecular weight excluding hydrogens is 709 g/mol. The third-order valence-corrected chi connectivity index (χ3v) is 10.7. The minimum absolute atomic E-state index is 0.0997. The lowest BCUT2D eigenvalue weighted by Gasteiger charge is -2.24. The minimum Gasteiger partial charge on any atom is -0.383 e. The first-order valence-corrected chi connectivity index (χ1v) is 18.6. The van der Waals surface area contributed by atoms with Gasteiger partial charge in [-0.05, 0) is 79.1 Å². The molecule has 4 aromatic heterocycles. The molecule has 2 aliphatic rings. The molecule has 2 fully saturated rings. The first-order valence-electron chi connectivity index (χ1n) is 17.7. The summed E-state index contributed by atoms with van der Waals surface area (Å²) in [6, 6.07) is 16.7. The number of nitrogens with zero attached hydrogens (tertiary/aromatic N) is 5. The second kappa shape index (κ2) is 14.7. The maximum Gasteiger partial charge on any atom is 0.261 e. The quantitative estimate of drug-likeness (QED) is 0.142. The Morgan fingerprint density at radius 1 is 0.889 bits per heavy atom. The van der Waals surface area contributed by atoms with Crippen molar-refractivity contribution in [2.75, 3.05) is 11.1 Å². The highest BCUT2D eigenvalue weighted by molar-refractivity contribution is 7.09. The maximum atomic E-state index is 15.8. The molecule has 1 atom stereocenters. The number of pyridine rings is 3. The van der Waals surface area contributed by atoms with Gasteiger partial charge in [0.05, 0.1) is 24.0 Å². The van der Waals surface area contributed by atoms with Crippen molar-refractivity contribution in [3.63, 3.8) is 0 Å². The van der Waals surface area contributed by atoms with Gasteiger partial charge in [-0.3, -0.25) is 19.4 Å². The van der Waals surface area contributed by atoms with Crippen molar-refractivity contribution < 1.29 is 18.4 Å². The first kappa shape index (κ1) is 35.0. The number of carbonyl (C=O) groups is 2. The minimum atomic E-state index is -0.709. The fraction of sp³-hybridized carbons (Fsp3) is 0.220. The Hall–Kier alpha value is -6.08. The van der Waals surface area contributed by atoms with Gasteiger partial charge in [-0.1, -0.05) is 24.3 Å². The predicted octanol–water partition coefficient (Wildman–Crippen LogP) is 7.35. The Balaban J connectivity index is 0.991. The zero-order chi connectivity index (χ0) is 37.3. The van der Waals surface area contributed by atoms with Gasteiger partial charge in [0.2, 0.25) is 11.3 Å². The molecule has 272 valence electrons. The van der Waals surface area contributed by atoms with Crippen molar-refractivity contribution in [1.82, 2.24) is 24.4 Å². The summed E-state index contributed by atoms with van der Waals surface area (Å²) in [5.74, 6) is -1.16. The van der Waals surface area contributed by atoms with Crippen molar-refractivity contribution in [3.8, 4) is 33.5 Å². The lowest BCUT2D eigenvalue weighted by atomic mass is 9.98. The second-order valence-corrected chi connectivity index (χ2v) is 14.7. The van der Waals surface area contributed by atoms with Gasteiger partial charge in [-0.25, -0.2) is 18.7 Å². The van der Waals surface area contributed by atoms with E-state index >= 15 is 4.39 Å². The average molecular weight is 744 g/mol. The number of halogens is 2. The number of nitrogen functional groups attached to an aromatic ring is 1. The number of amides is 2. The Morgan fingerprint density at radius 3 is 2.44 bits per heavy atom. The second-order valence-electron chi connectivity index (χ2n) is 13.8. The van der Waals surface area contributed by atoms with Crippen LogP contribution in [0.2, 0.25) is 0 Å². The van der Waals surface area contributed by atoms with Crippen LogP contribution < -0.4 is 16.5 Å². The van der Waals surface area contributed by atoms with Gasteiger partial charge < -0.3 is 20.5 Å². The molecule has 2 amide bonds. The molecule has 10 nitrogen and oxygen atoms in total. The van der Waals surface area contributed by atoms with E-state index in [9.17, 15) is 18.8 Å². The van der Waals surface area contributed by atoms with Gasteiger partial charge in [-0.15, -0.1) is 11.3 Å². The number of likely N-dealkylation sites (tertiary alicyclic amines) is 1. The van der Waals surface area contributed by atoms with Gasteiger partial charge in [0.15, 0.2) is 0 Å². The number of hydrogen-bond acceptors (Lipinski definition) is 8. The fourth-order valence-electron chi connectivity index (χ4n) is 6.88. The normalized spacial score (nSPS) is 15.5. The van der Waals surface area contributed by atoms with Crippen molar-refractivity contribution in [2.45, 2.75) is 51.2 Å². The molecule has 3 N–H and O–H groups in total. The van der Waals surface area contributed by atoms with E-state index in [-0.39, 0.29) is 45.8 Å². The van der Waals surface area contributed by atoms with E-state index in [0.717, 1.165) is 53.6 Å². The summed E-state index contributed by atoms with van der Waals surface area (Å²) in [4.78, 5) is 54.2. The summed E-state index contributed by atoms with van der Waals surface area (Å²) >= 11 is 1.55. The molecule has 0 unspecified atom stereocenters. The number of hydrogen-bond donors (Lipinski definition) is 2. The summed E-state index contributed by atoms with van der Waals surface area (Å²) in [6.45, 7) is 1.14. The Bertz CT molecular complexity index is 2410. The topological polar surface area (TPSA) is 136 Å². The molecule has 2 aromatic carbocycles. The Kier molecular flexibility index (Phi) is 9.55. The van der Waals surface area contributed by atoms with Crippen molar-refractivity contribution in [1.29, 1.82) is 0 Å². The number of nitrogens with one attached hydrogen (secondary N) is 1. The molecule has 1 saturated heterocycles. The number of nitrogens with two attached hydrogens (primary N) is 1. The highest BCUT2D eigenvalue weighted by Gasteiger charge is 2.31. The van der Waals surface area contributed by atoms with E-state index in [1.54, 1.807) is 40.6 Å².